The van der Waals surface area contributed by atoms with E-state index < -0.39 is 0 Å². The van der Waals surface area contributed by atoms with Crippen LogP contribution in [0.5, 0.6) is 0 Å². The summed E-state index contributed by atoms with van der Waals surface area (Å²) >= 11 is 7.44. The number of nitrogens with zero attached hydrogens (tertiary/aromatic N) is 1. The minimum atomic E-state index is 0.570. The predicted octanol–water partition coefficient (Wildman–Crippen LogP) is 3.70. The van der Waals surface area contributed by atoms with Gasteiger partial charge in [0.15, 0.2) is 6.29 Å². The van der Waals surface area contributed by atoms with Crippen LogP contribution in [-0.4, -0.2) is 11.3 Å². The zero-order chi connectivity index (χ0) is 11.4. The van der Waals surface area contributed by atoms with Gasteiger partial charge in [0, 0.05) is 16.7 Å². The molecule has 1 heterocycles. The molecule has 0 N–H and O–H groups in total. The third-order valence-electron chi connectivity index (χ3n) is 1.97. The van der Waals surface area contributed by atoms with E-state index in [4.69, 9.17) is 11.6 Å². The number of carbonyl (C=O) groups excluding carboxylic acids is 1. The number of carbonyl (C=O) groups is 1. The van der Waals surface area contributed by atoms with Crippen molar-refractivity contribution in [1.29, 1.82) is 0 Å². The number of rotatable bonds is 3. The molecule has 2 nitrogen and oxygen atoms in total. The van der Waals surface area contributed by atoms with Gasteiger partial charge in [-0.3, -0.25) is 4.79 Å². The van der Waals surface area contributed by atoms with Crippen molar-refractivity contribution < 1.29 is 4.79 Å². The van der Waals surface area contributed by atoms with Gasteiger partial charge in [0.25, 0.3) is 0 Å². The molecule has 2 rings (SSSR count). The first-order valence-electron chi connectivity index (χ1n) is 4.64. The van der Waals surface area contributed by atoms with E-state index in [0.717, 1.165) is 16.2 Å². The van der Waals surface area contributed by atoms with E-state index in [1.807, 2.05) is 18.2 Å². The molecule has 0 unspecified atom stereocenters. The predicted molar refractivity (Wildman–Crippen MR) is 65.2 cm³/mol. The second kappa shape index (κ2) is 5.14. The van der Waals surface area contributed by atoms with Crippen molar-refractivity contribution in [2.75, 3.05) is 0 Å². The second-order valence-electron chi connectivity index (χ2n) is 3.05. The molecule has 16 heavy (non-hydrogen) atoms. The Morgan fingerprint density at radius 2 is 2.06 bits per heavy atom. The molecular formula is C12H8ClNOS. The van der Waals surface area contributed by atoms with Crippen LogP contribution in [0.1, 0.15) is 10.4 Å². The Labute approximate surface area is 103 Å². The lowest BCUT2D eigenvalue weighted by Gasteiger charge is -2.05. The van der Waals surface area contributed by atoms with E-state index in [1.54, 1.807) is 24.4 Å². The van der Waals surface area contributed by atoms with Gasteiger partial charge in [-0.25, -0.2) is 4.98 Å². The molecule has 0 spiro atoms. The number of pyridine rings is 1. The molecule has 0 aliphatic rings. The lowest BCUT2D eigenvalue weighted by molar-refractivity contribution is 0.112. The zero-order valence-electron chi connectivity index (χ0n) is 8.26. The van der Waals surface area contributed by atoms with Crippen LogP contribution in [0.2, 0.25) is 5.02 Å². The summed E-state index contributed by atoms with van der Waals surface area (Å²) in [5, 5.41) is 1.39. The third kappa shape index (κ3) is 2.43. The highest BCUT2D eigenvalue weighted by molar-refractivity contribution is 7.99. The lowest BCUT2D eigenvalue weighted by atomic mass is 10.2. The average Bonchev–Trinajstić information content (AvgIpc) is 2.33. The van der Waals surface area contributed by atoms with E-state index in [2.05, 4.69) is 4.98 Å². The van der Waals surface area contributed by atoms with Crippen LogP contribution in [-0.2, 0) is 0 Å². The van der Waals surface area contributed by atoms with Gasteiger partial charge in [-0.2, -0.15) is 0 Å². The summed E-state index contributed by atoms with van der Waals surface area (Å²) in [5.74, 6) is 0. The summed E-state index contributed by atoms with van der Waals surface area (Å²) < 4.78 is 0. The van der Waals surface area contributed by atoms with Crippen molar-refractivity contribution >= 4 is 29.6 Å². The highest BCUT2D eigenvalue weighted by atomic mass is 35.5. The summed E-state index contributed by atoms with van der Waals surface area (Å²) in [6.45, 7) is 0. The van der Waals surface area contributed by atoms with Gasteiger partial charge in [0.05, 0.1) is 5.02 Å². The molecule has 0 radical (unpaired) electrons. The molecule has 0 saturated carbocycles. The van der Waals surface area contributed by atoms with Crippen LogP contribution >= 0.6 is 23.4 Å². The largest absolute Gasteiger partial charge is 0.298 e. The van der Waals surface area contributed by atoms with Gasteiger partial charge in [-0.15, -0.1) is 0 Å². The smallest absolute Gasteiger partial charge is 0.151 e. The molecule has 0 bridgehead atoms. The summed E-state index contributed by atoms with van der Waals surface area (Å²) in [4.78, 5) is 15.8. The minimum absolute atomic E-state index is 0.570. The van der Waals surface area contributed by atoms with Gasteiger partial charge >= 0.3 is 0 Å². The van der Waals surface area contributed by atoms with Crippen molar-refractivity contribution in [3.8, 4) is 0 Å². The molecule has 0 amide bonds. The molecule has 1 aromatic heterocycles. The molecule has 4 heteroatoms. The van der Waals surface area contributed by atoms with Gasteiger partial charge in [-0.1, -0.05) is 41.6 Å². The van der Waals surface area contributed by atoms with Crippen molar-refractivity contribution in [3.05, 3.63) is 53.2 Å². The van der Waals surface area contributed by atoms with Crippen LogP contribution < -0.4 is 0 Å². The lowest BCUT2D eigenvalue weighted by Crippen LogP contribution is -1.87. The van der Waals surface area contributed by atoms with Crippen LogP contribution in [0.25, 0.3) is 0 Å². The Morgan fingerprint density at radius 3 is 2.75 bits per heavy atom. The highest BCUT2D eigenvalue weighted by Crippen LogP contribution is 2.34. The Morgan fingerprint density at radius 1 is 1.19 bits per heavy atom. The first kappa shape index (κ1) is 11.2. The zero-order valence-corrected chi connectivity index (χ0v) is 9.83. The molecule has 80 valence electrons. The Hall–Kier alpha value is -1.32. The number of halogens is 1. The number of hydrogen-bond acceptors (Lipinski definition) is 3. The van der Waals surface area contributed by atoms with E-state index in [1.165, 1.54) is 11.8 Å². The molecule has 0 atom stereocenters. The summed E-state index contributed by atoms with van der Waals surface area (Å²) in [6.07, 6.45) is 2.51. The first-order chi connectivity index (χ1) is 7.81. The Bertz CT molecular complexity index is 502. The fourth-order valence-electron chi connectivity index (χ4n) is 1.24. The maximum Gasteiger partial charge on any atom is 0.151 e. The molecule has 0 aliphatic heterocycles. The summed E-state index contributed by atoms with van der Waals surface area (Å²) in [6, 6.07) is 10.9. The van der Waals surface area contributed by atoms with Crippen molar-refractivity contribution in [3.63, 3.8) is 0 Å². The van der Waals surface area contributed by atoms with E-state index >= 15 is 0 Å². The van der Waals surface area contributed by atoms with Crippen LogP contribution in [0.4, 0.5) is 0 Å². The average molecular weight is 250 g/mol. The number of benzene rings is 1. The van der Waals surface area contributed by atoms with Gasteiger partial charge < -0.3 is 0 Å². The molecule has 0 aliphatic carbocycles. The molecule has 0 fully saturated rings. The second-order valence-corrected chi connectivity index (χ2v) is 4.48. The van der Waals surface area contributed by atoms with E-state index in [9.17, 15) is 4.79 Å². The number of hydrogen-bond donors (Lipinski definition) is 0. The molecular weight excluding hydrogens is 242 g/mol. The Kier molecular flexibility index (Phi) is 3.59. The van der Waals surface area contributed by atoms with Crippen molar-refractivity contribution in [2.45, 2.75) is 9.92 Å². The van der Waals surface area contributed by atoms with Crippen LogP contribution in [0.15, 0.2) is 52.5 Å². The fourth-order valence-corrected chi connectivity index (χ4v) is 2.40. The summed E-state index contributed by atoms with van der Waals surface area (Å²) in [7, 11) is 0. The normalized spacial score (nSPS) is 10.1. The number of aldehydes is 1. The summed E-state index contributed by atoms with van der Waals surface area (Å²) in [5.41, 5.74) is 0.586. The highest BCUT2D eigenvalue weighted by Gasteiger charge is 2.08. The topological polar surface area (TPSA) is 30.0 Å². The minimum Gasteiger partial charge on any atom is -0.298 e. The molecule has 1 aromatic carbocycles. The van der Waals surface area contributed by atoms with Gasteiger partial charge in [0.2, 0.25) is 0 Å². The Balaban J connectivity index is 2.38. The monoisotopic (exact) mass is 249 g/mol. The van der Waals surface area contributed by atoms with Gasteiger partial charge in [-0.05, 0) is 18.2 Å². The fraction of sp³-hybridized carbons (Fsp3) is 0. The van der Waals surface area contributed by atoms with Crippen LogP contribution in [0.3, 0.4) is 0 Å². The molecule has 2 aromatic rings. The van der Waals surface area contributed by atoms with Crippen molar-refractivity contribution in [1.82, 2.24) is 4.98 Å². The SMILES string of the molecule is O=Cc1cccc(Cl)c1Sc1ccccn1. The maximum absolute atomic E-state index is 10.9. The maximum atomic E-state index is 10.9. The quantitative estimate of drug-likeness (QED) is 0.777. The van der Waals surface area contributed by atoms with Crippen molar-refractivity contribution in [2.24, 2.45) is 0 Å². The van der Waals surface area contributed by atoms with E-state index in [-0.39, 0.29) is 0 Å². The molecule has 0 saturated heterocycles. The first-order valence-corrected chi connectivity index (χ1v) is 5.83. The van der Waals surface area contributed by atoms with E-state index in [0.29, 0.717) is 10.6 Å². The third-order valence-corrected chi connectivity index (χ3v) is 3.51. The number of aromatic nitrogens is 1. The van der Waals surface area contributed by atoms with Gasteiger partial charge in [0.1, 0.15) is 5.03 Å². The standard InChI is InChI=1S/C12H8ClNOS/c13-10-5-3-4-9(8-15)12(10)16-11-6-1-2-7-14-11/h1-8H. The van der Waals surface area contributed by atoms with Crippen LogP contribution in [0, 0.1) is 0 Å².